The van der Waals surface area contributed by atoms with Crippen LogP contribution in [-0.2, 0) is 4.79 Å². The lowest BCUT2D eigenvalue weighted by Gasteiger charge is -2.08. The van der Waals surface area contributed by atoms with E-state index in [2.05, 4.69) is 15.6 Å². The maximum absolute atomic E-state index is 13.6. The van der Waals surface area contributed by atoms with E-state index in [9.17, 15) is 14.0 Å². The molecule has 2 aromatic carbocycles. The van der Waals surface area contributed by atoms with E-state index in [1.165, 1.54) is 19.1 Å². The molecule has 0 aliphatic rings. The van der Waals surface area contributed by atoms with Gasteiger partial charge < -0.3 is 15.1 Å². The molecule has 7 heteroatoms. The minimum Gasteiger partial charge on any atom is -0.441 e. The van der Waals surface area contributed by atoms with Crippen LogP contribution in [0.1, 0.15) is 23.2 Å². The van der Waals surface area contributed by atoms with Gasteiger partial charge in [0.1, 0.15) is 11.3 Å². The Hall–Kier alpha value is -3.22. The first-order valence-corrected chi connectivity index (χ1v) is 7.18. The summed E-state index contributed by atoms with van der Waals surface area (Å²) in [4.78, 5) is 27.6. The van der Waals surface area contributed by atoms with Crippen molar-refractivity contribution in [1.82, 2.24) is 4.98 Å². The van der Waals surface area contributed by atoms with Crippen molar-refractivity contribution >= 4 is 34.3 Å². The van der Waals surface area contributed by atoms with E-state index in [1.807, 2.05) is 0 Å². The average molecular weight is 327 g/mol. The van der Waals surface area contributed by atoms with Crippen molar-refractivity contribution in [2.45, 2.75) is 13.8 Å². The SMILES string of the molecule is CC(=O)Nc1cc(C(=O)Nc2ccc3nc(C)oc3c2)ccc1F. The molecule has 3 rings (SSSR count). The molecule has 0 saturated carbocycles. The van der Waals surface area contributed by atoms with E-state index in [1.54, 1.807) is 25.1 Å². The number of nitrogens with one attached hydrogen (secondary N) is 2. The highest BCUT2D eigenvalue weighted by molar-refractivity contribution is 6.05. The van der Waals surface area contributed by atoms with Gasteiger partial charge in [-0.1, -0.05) is 0 Å². The molecule has 122 valence electrons. The molecule has 6 nitrogen and oxygen atoms in total. The molecule has 0 radical (unpaired) electrons. The molecule has 0 fully saturated rings. The van der Waals surface area contributed by atoms with Crippen LogP contribution in [0.3, 0.4) is 0 Å². The lowest BCUT2D eigenvalue weighted by molar-refractivity contribution is -0.114. The predicted molar refractivity (Wildman–Crippen MR) is 87.4 cm³/mol. The number of hydrogen-bond donors (Lipinski definition) is 2. The van der Waals surface area contributed by atoms with Gasteiger partial charge in [0, 0.05) is 31.2 Å². The lowest BCUT2D eigenvalue weighted by Crippen LogP contribution is -2.14. The molecule has 1 heterocycles. The number of benzene rings is 2. The largest absolute Gasteiger partial charge is 0.441 e. The average Bonchev–Trinajstić information content (AvgIpc) is 2.88. The molecular formula is C17H14FN3O3. The first kappa shape index (κ1) is 15.7. The summed E-state index contributed by atoms with van der Waals surface area (Å²) in [7, 11) is 0. The van der Waals surface area contributed by atoms with Crippen molar-refractivity contribution in [2.75, 3.05) is 10.6 Å². The number of fused-ring (bicyclic) bond motifs is 1. The molecule has 0 unspecified atom stereocenters. The Morgan fingerprint density at radius 2 is 1.92 bits per heavy atom. The third-order valence-electron chi connectivity index (χ3n) is 3.29. The number of rotatable bonds is 3. The molecule has 1 aromatic heterocycles. The van der Waals surface area contributed by atoms with Gasteiger partial charge in [0.25, 0.3) is 5.91 Å². The van der Waals surface area contributed by atoms with E-state index < -0.39 is 17.6 Å². The molecular weight excluding hydrogens is 313 g/mol. The van der Waals surface area contributed by atoms with Gasteiger partial charge in [0.15, 0.2) is 11.5 Å². The summed E-state index contributed by atoms with van der Waals surface area (Å²) >= 11 is 0. The molecule has 3 aromatic rings. The molecule has 0 saturated heterocycles. The normalized spacial score (nSPS) is 10.6. The zero-order valence-electron chi connectivity index (χ0n) is 13.0. The van der Waals surface area contributed by atoms with Gasteiger partial charge in [-0.25, -0.2) is 9.37 Å². The minimum absolute atomic E-state index is 0.0449. The number of aryl methyl sites for hydroxylation is 1. The number of anilines is 2. The van der Waals surface area contributed by atoms with Crippen LogP contribution in [0.4, 0.5) is 15.8 Å². The van der Waals surface area contributed by atoms with Crippen molar-refractivity contribution < 1.29 is 18.4 Å². The number of halogens is 1. The second kappa shape index (κ2) is 6.11. The highest BCUT2D eigenvalue weighted by Crippen LogP contribution is 2.21. The summed E-state index contributed by atoms with van der Waals surface area (Å²) in [5, 5.41) is 5.04. The molecule has 0 aliphatic heterocycles. The Bertz CT molecular complexity index is 949. The van der Waals surface area contributed by atoms with Gasteiger partial charge >= 0.3 is 0 Å². The first-order valence-electron chi connectivity index (χ1n) is 7.18. The standard InChI is InChI=1S/C17H14FN3O3/c1-9(22)19-15-7-11(3-5-13(15)18)17(23)21-12-4-6-14-16(8-12)24-10(2)20-14/h3-8H,1-2H3,(H,19,22)(H,21,23). The number of nitrogens with zero attached hydrogens (tertiary/aromatic N) is 1. The number of carbonyl (C=O) groups excluding carboxylic acids is 2. The van der Waals surface area contributed by atoms with Crippen molar-refractivity contribution in [3.63, 3.8) is 0 Å². The van der Waals surface area contributed by atoms with E-state index in [-0.39, 0.29) is 11.3 Å². The minimum atomic E-state index is -0.611. The summed E-state index contributed by atoms with van der Waals surface area (Å²) in [6.07, 6.45) is 0. The van der Waals surface area contributed by atoms with Gasteiger partial charge in [0.2, 0.25) is 5.91 Å². The summed E-state index contributed by atoms with van der Waals surface area (Å²) in [5.74, 6) is -0.929. The van der Waals surface area contributed by atoms with Crippen molar-refractivity contribution in [3.05, 3.63) is 53.7 Å². The molecule has 24 heavy (non-hydrogen) atoms. The molecule has 0 bridgehead atoms. The first-order chi connectivity index (χ1) is 11.4. The molecule has 0 atom stereocenters. The smallest absolute Gasteiger partial charge is 0.255 e. The fraction of sp³-hybridized carbons (Fsp3) is 0.118. The quantitative estimate of drug-likeness (QED) is 0.771. The van der Waals surface area contributed by atoms with E-state index in [0.717, 1.165) is 6.07 Å². The van der Waals surface area contributed by atoms with Crippen molar-refractivity contribution in [1.29, 1.82) is 0 Å². The van der Waals surface area contributed by atoms with Gasteiger partial charge in [-0.3, -0.25) is 9.59 Å². The molecule has 2 amide bonds. The van der Waals surface area contributed by atoms with E-state index in [0.29, 0.717) is 22.7 Å². The highest BCUT2D eigenvalue weighted by Gasteiger charge is 2.12. The number of carbonyl (C=O) groups is 2. The fourth-order valence-electron chi connectivity index (χ4n) is 2.27. The van der Waals surface area contributed by atoms with Crippen molar-refractivity contribution in [2.24, 2.45) is 0 Å². The van der Waals surface area contributed by atoms with Gasteiger partial charge in [-0.2, -0.15) is 0 Å². The van der Waals surface area contributed by atoms with Gasteiger partial charge in [0.05, 0.1) is 5.69 Å². The van der Waals surface area contributed by atoms with Crippen LogP contribution in [0.25, 0.3) is 11.1 Å². The fourth-order valence-corrected chi connectivity index (χ4v) is 2.27. The number of amides is 2. The van der Waals surface area contributed by atoms with Crippen LogP contribution in [0.2, 0.25) is 0 Å². The Morgan fingerprint density at radius 3 is 2.67 bits per heavy atom. The number of oxazole rings is 1. The molecule has 2 N–H and O–H groups in total. The number of aromatic nitrogens is 1. The molecule has 0 spiro atoms. The Labute approximate surface area is 136 Å². The van der Waals surface area contributed by atoms with Crippen LogP contribution in [-0.4, -0.2) is 16.8 Å². The van der Waals surface area contributed by atoms with Crippen LogP contribution in [0.15, 0.2) is 40.8 Å². The zero-order valence-corrected chi connectivity index (χ0v) is 13.0. The molecule has 0 aliphatic carbocycles. The highest BCUT2D eigenvalue weighted by atomic mass is 19.1. The second-order valence-corrected chi connectivity index (χ2v) is 5.25. The van der Waals surface area contributed by atoms with Crippen LogP contribution >= 0.6 is 0 Å². The monoisotopic (exact) mass is 327 g/mol. The lowest BCUT2D eigenvalue weighted by atomic mass is 10.1. The Balaban J connectivity index is 1.84. The maximum atomic E-state index is 13.6. The van der Waals surface area contributed by atoms with Crippen LogP contribution in [0, 0.1) is 12.7 Å². The zero-order chi connectivity index (χ0) is 17.3. The van der Waals surface area contributed by atoms with Gasteiger partial charge in [-0.05, 0) is 30.3 Å². The van der Waals surface area contributed by atoms with Crippen LogP contribution < -0.4 is 10.6 Å². The third-order valence-corrected chi connectivity index (χ3v) is 3.29. The van der Waals surface area contributed by atoms with E-state index >= 15 is 0 Å². The summed E-state index contributed by atoms with van der Waals surface area (Å²) in [5.41, 5.74) is 1.95. The summed E-state index contributed by atoms with van der Waals surface area (Å²) in [6, 6.07) is 8.83. The number of hydrogen-bond acceptors (Lipinski definition) is 4. The Morgan fingerprint density at radius 1 is 1.12 bits per heavy atom. The van der Waals surface area contributed by atoms with Gasteiger partial charge in [-0.15, -0.1) is 0 Å². The maximum Gasteiger partial charge on any atom is 0.255 e. The third kappa shape index (κ3) is 3.24. The van der Waals surface area contributed by atoms with Crippen molar-refractivity contribution in [3.8, 4) is 0 Å². The topological polar surface area (TPSA) is 84.2 Å². The Kier molecular flexibility index (Phi) is 3.99. The van der Waals surface area contributed by atoms with Crippen LogP contribution in [0.5, 0.6) is 0 Å². The van der Waals surface area contributed by atoms with E-state index in [4.69, 9.17) is 4.42 Å². The predicted octanol–water partition coefficient (Wildman–Crippen LogP) is 3.49. The summed E-state index contributed by atoms with van der Waals surface area (Å²) in [6.45, 7) is 3.00. The second-order valence-electron chi connectivity index (χ2n) is 5.25. The summed E-state index contributed by atoms with van der Waals surface area (Å²) < 4.78 is 19.0.